The molecule has 8 heteroatoms. The molecule has 0 atom stereocenters. The van der Waals surface area contributed by atoms with Gasteiger partial charge in [-0.3, -0.25) is 9.36 Å². The minimum absolute atomic E-state index is 0.134. The number of aromatic nitrogens is 2. The van der Waals surface area contributed by atoms with E-state index in [0.717, 1.165) is 42.9 Å². The van der Waals surface area contributed by atoms with E-state index in [2.05, 4.69) is 16.0 Å². The molecule has 2 N–H and O–H groups in total. The Hall–Kier alpha value is -3.81. The molecule has 0 aliphatic carbocycles. The highest BCUT2D eigenvalue weighted by molar-refractivity contribution is 5.94. The quantitative estimate of drug-likeness (QED) is 0.667. The lowest BCUT2D eigenvalue weighted by Crippen LogP contribution is -2.46. The van der Waals surface area contributed by atoms with Crippen molar-refractivity contribution < 1.29 is 14.3 Å². The molecule has 0 radical (unpaired) electrons. The third-order valence-corrected chi connectivity index (χ3v) is 5.99. The Balaban J connectivity index is 1.42. The summed E-state index contributed by atoms with van der Waals surface area (Å²) in [5.74, 6) is 0.364. The van der Waals surface area contributed by atoms with Gasteiger partial charge in [0.2, 0.25) is 5.91 Å². The lowest BCUT2D eigenvalue weighted by atomic mass is 10.0. The molecule has 3 aromatic rings. The zero-order valence-corrected chi connectivity index (χ0v) is 18.3. The fourth-order valence-corrected chi connectivity index (χ4v) is 4.13. The fraction of sp³-hybridized carbons (Fsp3) is 0.292. The van der Waals surface area contributed by atoms with Crippen molar-refractivity contribution in [3.8, 4) is 17.0 Å². The SMILES string of the molecule is COc1ccccc1N1CCC(N(C)C(=O)n2cnc(-c3cccc(C(N)=O)c3)c2)CC1. The summed E-state index contributed by atoms with van der Waals surface area (Å²) in [7, 11) is 3.51. The molecule has 2 amide bonds. The molecule has 1 saturated heterocycles. The maximum Gasteiger partial charge on any atom is 0.329 e. The minimum atomic E-state index is -0.499. The summed E-state index contributed by atoms with van der Waals surface area (Å²) in [6.07, 6.45) is 4.92. The van der Waals surface area contributed by atoms with Crippen LogP contribution in [0.1, 0.15) is 23.2 Å². The van der Waals surface area contributed by atoms with Crippen molar-refractivity contribution in [1.29, 1.82) is 0 Å². The second-order valence-corrected chi connectivity index (χ2v) is 7.89. The maximum absolute atomic E-state index is 13.1. The molecular weight excluding hydrogens is 406 g/mol. The van der Waals surface area contributed by atoms with Crippen LogP contribution < -0.4 is 15.4 Å². The number of methoxy groups -OCH3 is 1. The van der Waals surface area contributed by atoms with Gasteiger partial charge >= 0.3 is 6.03 Å². The smallest absolute Gasteiger partial charge is 0.329 e. The molecule has 32 heavy (non-hydrogen) atoms. The molecule has 166 valence electrons. The average molecular weight is 434 g/mol. The maximum atomic E-state index is 13.1. The van der Waals surface area contributed by atoms with Gasteiger partial charge in [0.1, 0.15) is 12.1 Å². The topological polar surface area (TPSA) is 93.7 Å². The van der Waals surface area contributed by atoms with Crippen LogP contribution in [0.4, 0.5) is 10.5 Å². The highest BCUT2D eigenvalue weighted by Gasteiger charge is 2.27. The summed E-state index contributed by atoms with van der Waals surface area (Å²) in [5.41, 5.74) is 8.20. The van der Waals surface area contributed by atoms with Crippen LogP contribution in [-0.2, 0) is 0 Å². The summed E-state index contributed by atoms with van der Waals surface area (Å²) in [6.45, 7) is 1.69. The van der Waals surface area contributed by atoms with Crippen LogP contribution in [0.5, 0.6) is 5.75 Å². The van der Waals surface area contributed by atoms with Crippen molar-refractivity contribution in [2.45, 2.75) is 18.9 Å². The summed E-state index contributed by atoms with van der Waals surface area (Å²) in [5, 5.41) is 0. The number of carbonyl (C=O) groups excluding carboxylic acids is 2. The van der Waals surface area contributed by atoms with Crippen LogP contribution in [0.15, 0.2) is 61.1 Å². The second-order valence-electron chi connectivity index (χ2n) is 7.89. The Morgan fingerprint density at radius 1 is 1.12 bits per heavy atom. The van der Waals surface area contributed by atoms with Gasteiger partial charge in [0.05, 0.1) is 18.5 Å². The normalized spacial score (nSPS) is 14.2. The van der Waals surface area contributed by atoms with Crippen molar-refractivity contribution >= 4 is 17.6 Å². The number of hydrogen-bond acceptors (Lipinski definition) is 5. The monoisotopic (exact) mass is 433 g/mol. The number of ether oxygens (including phenoxy) is 1. The molecule has 2 heterocycles. The van der Waals surface area contributed by atoms with E-state index in [4.69, 9.17) is 10.5 Å². The van der Waals surface area contributed by atoms with Crippen LogP contribution in [0.2, 0.25) is 0 Å². The van der Waals surface area contributed by atoms with Crippen molar-refractivity contribution in [3.05, 3.63) is 66.6 Å². The number of nitrogens with zero attached hydrogens (tertiary/aromatic N) is 4. The predicted molar refractivity (Wildman–Crippen MR) is 123 cm³/mol. The van der Waals surface area contributed by atoms with Gasteiger partial charge in [0, 0.05) is 43.5 Å². The van der Waals surface area contributed by atoms with Gasteiger partial charge in [-0.25, -0.2) is 9.78 Å². The zero-order chi connectivity index (χ0) is 22.7. The number of para-hydroxylation sites is 2. The molecule has 8 nitrogen and oxygen atoms in total. The molecule has 1 aromatic heterocycles. The van der Waals surface area contributed by atoms with Gasteiger partial charge in [0.15, 0.2) is 0 Å². The number of benzene rings is 2. The molecule has 0 bridgehead atoms. The first kappa shape index (κ1) is 21.4. The van der Waals surface area contributed by atoms with Gasteiger partial charge < -0.3 is 20.3 Å². The number of amides is 2. The largest absolute Gasteiger partial charge is 0.495 e. The number of hydrogen-bond donors (Lipinski definition) is 1. The van der Waals surface area contributed by atoms with Gasteiger partial charge in [-0.2, -0.15) is 0 Å². The molecule has 2 aromatic carbocycles. The third-order valence-electron chi connectivity index (χ3n) is 5.99. The van der Waals surface area contributed by atoms with Crippen LogP contribution in [0.3, 0.4) is 0 Å². The highest BCUT2D eigenvalue weighted by Crippen LogP contribution is 2.30. The Morgan fingerprint density at radius 3 is 2.59 bits per heavy atom. The number of anilines is 1. The van der Waals surface area contributed by atoms with Crippen LogP contribution in [0.25, 0.3) is 11.3 Å². The molecule has 0 unspecified atom stereocenters. The Bertz CT molecular complexity index is 1120. The van der Waals surface area contributed by atoms with E-state index in [9.17, 15) is 9.59 Å². The van der Waals surface area contributed by atoms with Crippen molar-refractivity contribution in [3.63, 3.8) is 0 Å². The zero-order valence-electron chi connectivity index (χ0n) is 18.3. The number of nitrogens with two attached hydrogens (primary N) is 1. The van der Waals surface area contributed by atoms with E-state index in [1.165, 1.54) is 10.9 Å². The summed E-state index contributed by atoms with van der Waals surface area (Å²) in [4.78, 5) is 32.9. The standard InChI is InChI=1S/C24H27N5O3/c1-27(19-10-12-28(13-11-19)21-8-3-4-9-22(21)32-2)24(31)29-15-20(26-16-29)17-6-5-7-18(14-17)23(25)30/h3-9,14-16,19H,10-13H2,1-2H3,(H2,25,30). The molecule has 1 fully saturated rings. The number of imidazole rings is 1. The predicted octanol–water partition coefficient (Wildman–Crippen LogP) is 3.23. The molecule has 4 rings (SSSR count). The summed E-state index contributed by atoms with van der Waals surface area (Å²) in [6, 6.07) is 14.9. The Morgan fingerprint density at radius 2 is 1.88 bits per heavy atom. The van der Waals surface area contributed by atoms with E-state index in [0.29, 0.717) is 11.3 Å². The van der Waals surface area contributed by atoms with Gasteiger partial charge in [-0.1, -0.05) is 24.3 Å². The lowest BCUT2D eigenvalue weighted by molar-refractivity contribution is 0.1000. The fourth-order valence-electron chi connectivity index (χ4n) is 4.13. The first-order chi connectivity index (χ1) is 15.5. The highest BCUT2D eigenvalue weighted by atomic mass is 16.5. The Kier molecular flexibility index (Phi) is 6.11. The van der Waals surface area contributed by atoms with E-state index in [-0.39, 0.29) is 12.1 Å². The van der Waals surface area contributed by atoms with Crippen LogP contribution >= 0.6 is 0 Å². The van der Waals surface area contributed by atoms with Crippen molar-refractivity contribution in [2.75, 3.05) is 32.1 Å². The number of rotatable bonds is 5. The van der Waals surface area contributed by atoms with E-state index < -0.39 is 5.91 Å². The summed E-state index contributed by atoms with van der Waals surface area (Å²) >= 11 is 0. The number of piperidine rings is 1. The summed E-state index contributed by atoms with van der Waals surface area (Å²) < 4.78 is 6.97. The van der Waals surface area contributed by atoms with Crippen molar-refractivity contribution in [2.24, 2.45) is 5.73 Å². The number of carbonyl (C=O) groups is 2. The Labute approximate surface area is 187 Å². The van der Waals surface area contributed by atoms with E-state index >= 15 is 0 Å². The van der Waals surface area contributed by atoms with Gasteiger partial charge in [-0.05, 0) is 37.1 Å². The first-order valence-corrected chi connectivity index (χ1v) is 10.6. The van der Waals surface area contributed by atoms with Gasteiger partial charge in [-0.15, -0.1) is 0 Å². The molecule has 1 aliphatic rings. The molecule has 1 aliphatic heterocycles. The van der Waals surface area contributed by atoms with E-state index in [1.54, 1.807) is 36.4 Å². The van der Waals surface area contributed by atoms with Gasteiger partial charge in [0.25, 0.3) is 0 Å². The van der Waals surface area contributed by atoms with Crippen LogP contribution in [-0.4, -0.2) is 59.7 Å². The first-order valence-electron chi connectivity index (χ1n) is 10.6. The molecule has 0 saturated carbocycles. The number of primary amides is 1. The second kappa shape index (κ2) is 9.13. The third kappa shape index (κ3) is 4.30. The lowest BCUT2D eigenvalue weighted by Gasteiger charge is -2.38. The molecular formula is C24H27N5O3. The van der Waals surface area contributed by atoms with E-state index in [1.807, 2.05) is 31.3 Å². The van der Waals surface area contributed by atoms with Crippen molar-refractivity contribution in [1.82, 2.24) is 14.5 Å². The minimum Gasteiger partial charge on any atom is -0.495 e. The average Bonchev–Trinajstić information content (AvgIpc) is 3.33. The van der Waals surface area contributed by atoms with Crippen LogP contribution in [0, 0.1) is 0 Å². The molecule has 0 spiro atoms.